The molecule has 0 unspecified atom stereocenters. The molecule has 0 amide bonds. The quantitative estimate of drug-likeness (QED) is 0.880. The Hall–Kier alpha value is -1.48. The monoisotopic (exact) mass is 319 g/mol. The van der Waals surface area contributed by atoms with Crippen LogP contribution in [0.3, 0.4) is 0 Å². The van der Waals surface area contributed by atoms with Crippen LogP contribution in [0.25, 0.3) is 0 Å². The van der Waals surface area contributed by atoms with E-state index in [2.05, 4.69) is 58.5 Å². The molecule has 0 aromatic heterocycles. The van der Waals surface area contributed by atoms with Gasteiger partial charge in [0, 0.05) is 16.7 Å². The smallest absolute Gasteiger partial charge is 0.118 e. The van der Waals surface area contributed by atoms with Crippen LogP contribution in [0, 0.1) is 6.92 Å². The molecule has 2 rings (SSSR count). The zero-order chi connectivity index (χ0) is 13.7. The van der Waals surface area contributed by atoms with E-state index in [0.29, 0.717) is 0 Å². The number of ether oxygens (including phenoxy) is 1. The molecule has 0 heterocycles. The fourth-order valence-electron chi connectivity index (χ4n) is 1.85. The van der Waals surface area contributed by atoms with Gasteiger partial charge in [0.1, 0.15) is 5.75 Å². The van der Waals surface area contributed by atoms with Gasteiger partial charge in [-0.15, -0.1) is 0 Å². The Morgan fingerprint density at radius 2 is 1.84 bits per heavy atom. The average Bonchev–Trinajstić information content (AvgIpc) is 2.43. The maximum atomic E-state index is 5.15. The first kappa shape index (κ1) is 13.9. The van der Waals surface area contributed by atoms with Crippen LogP contribution < -0.4 is 10.1 Å². The molecule has 0 aliphatic carbocycles. The van der Waals surface area contributed by atoms with Gasteiger partial charge in [0.05, 0.1) is 7.11 Å². The Morgan fingerprint density at radius 3 is 2.47 bits per heavy atom. The van der Waals surface area contributed by atoms with Crippen molar-refractivity contribution in [3.63, 3.8) is 0 Å². The number of halogens is 1. The van der Waals surface area contributed by atoms with Crippen molar-refractivity contribution in [1.82, 2.24) is 0 Å². The molecule has 1 N–H and O–H groups in total. The fourth-order valence-corrected chi connectivity index (χ4v) is 2.22. The molecule has 3 heteroatoms. The largest absolute Gasteiger partial charge is 0.497 e. The fraction of sp³-hybridized carbons (Fsp3) is 0.250. The number of anilines is 1. The Morgan fingerprint density at radius 1 is 1.11 bits per heavy atom. The van der Waals surface area contributed by atoms with Crippen molar-refractivity contribution < 1.29 is 4.74 Å². The highest BCUT2D eigenvalue weighted by Crippen LogP contribution is 2.20. The van der Waals surface area contributed by atoms with Crippen molar-refractivity contribution in [2.24, 2.45) is 0 Å². The number of hydrogen-bond donors (Lipinski definition) is 1. The van der Waals surface area contributed by atoms with Gasteiger partial charge >= 0.3 is 0 Å². The molecule has 2 aromatic rings. The minimum absolute atomic E-state index is 0.902. The van der Waals surface area contributed by atoms with E-state index in [-0.39, 0.29) is 0 Å². The predicted molar refractivity (Wildman–Crippen MR) is 84.1 cm³/mol. The van der Waals surface area contributed by atoms with Gasteiger partial charge in [-0.05, 0) is 48.7 Å². The van der Waals surface area contributed by atoms with Crippen LogP contribution in [0.5, 0.6) is 5.75 Å². The minimum atomic E-state index is 0.902. The summed E-state index contributed by atoms with van der Waals surface area (Å²) in [5, 5.41) is 3.43. The summed E-state index contributed by atoms with van der Waals surface area (Å²) in [5.74, 6) is 0.902. The number of aryl methyl sites for hydroxylation is 1. The Kier molecular flexibility index (Phi) is 4.86. The van der Waals surface area contributed by atoms with Crippen LogP contribution in [0.2, 0.25) is 0 Å². The number of benzene rings is 2. The Balaban J connectivity index is 1.86. The van der Waals surface area contributed by atoms with E-state index < -0.39 is 0 Å². The molecular formula is C16H18BrNO. The van der Waals surface area contributed by atoms with Gasteiger partial charge in [-0.2, -0.15) is 0 Å². The van der Waals surface area contributed by atoms with Crippen molar-refractivity contribution in [1.29, 1.82) is 0 Å². The zero-order valence-corrected chi connectivity index (χ0v) is 12.8. The lowest BCUT2D eigenvalue weighted by Gasteiger charge is -2.08. The lowest BCUT2D eigenvalue weighted by atomic mass is 10.1. The summed E-state index contributed by atoms with van der Waals surface area (Å²) in [7, 11) is 1.69. The van der Waals surface area contributed by atoms with Crippen LogP contribution in [0.15, 0.2) is 46.9 Å². The number of rotatable bonds is 5. The first-order chi connectivity index (χ1) is 9.19. The standard InChI is InChI=1S/C16H18BrNO/c1-12-3-6-14(11-16(12)17)18-10-9-13-4-7-15(19-2)8-5-13/h3-8,11,18H,9-10H2,1-2H3. The van der Waals surface area contributed by atoms with E-state index in [1.54, 1.807) is 7.11 Å². The van der Waals surface area contributed by atoms with E-state index in [0.717, 1.165) is 28.9 Å². The molecule has 0 saturated carbocycles. The van der Waals surface area contributed by atoms with Crippen LogP contribution >= 0.6 is 15.9 Å². The second kappa shape index (κ2) is 6.62. The van der Waals surface area contributed by atoms with Crippen molar-refractivity contribution in [2.75, 3.05) is 19.0 Å². The molecule has 0 spiro atoms. The normalized spacial score (nSPS) is 10.3. The van der Waals surface area contributed by atoms with Gasteiger partial charge in [0.2, 0.25) is 0 Å². The lowest BCUT2D eigenvalue weighted by Crippen LogP contribution is -2.04. The van der Waals surface area contributed by atoms with E-state index >= 15 is 0 Å². The maximum Gasteiger partial charge on any atom is 0.118 e. The van der Waals surface area contributed by atoms with Gasteiger partial charge in [-0.25, -0.2) is 0 Å². The van der Waals surface area contributed by atoms with E-state index in [1.165, 1.54) is 11.1 Å². The first-order valence-electron chi connectivity index (χ1n) is 6.32. The third-order valence-electron chi connectivity index (χ3n) is 3.07. The van der Waals surface area contributed by atoms with Crippen molar-refractivity contribution in [3.05, 3.63) is 58.1 Å². The summed E-state index contributed by atoms with van der Waals surface area (Å²) in [4.78, 5) is 0. The second-order valence-electron chi connectivity index (χ2n) is 4.49. The molecule has 100 valence electrons. The predicted octanol–water partition coefficient (Wildman–Crippen LogP) is 4.42. The molecule has 19 heavy (non-hydrogen) atoms. The van der Waals surface area contributed by atoms with Crippen molar-refractivity contribution in [2.45, 2.75) is 13.3 Å². The first-order valence-corrected chi connectivity index (χ1v) is 7.11. The van der Waals surface area contributed by atoms with Crippen molar-refractivity contribution in [3.8, 4) is 5.75 Å². The van der Waals surface area contributed by atoms with Gasteiger partial charge in [0.15, 0.2) is 0 Å². The molecule has 0 bridgehead atoms. The van der Waals surface area contributed by atoms with E-state index in [9.17, 15) is 0 Å². The Labute approximate surface area is 122 Å². The highest BCUT2D eigenvalue weighted by atomic mass is 79.9. The van der Waals surface area contributed by atoms with Crippen LogP contribution in [0.1, 0.15) is 11.1 Å². The third-order valence-corrected chi connectivity index (χ3v) is 3.93. The molecule has 0 aliphatic rings. The number of methoxy groups -OCH3 is 1. The second-order valence-corrected chi connectivity index (χ2v) is 5.34. The Bertz CT molecular complexity index is 537. The SMILES string of the molecule is COc1ccc(CCNc2ccc(C)c(Br)c2)cc1. The summed E-state index contributed by atoms with van der Waals surface area (Å²) in [6, 6.07) is 14.5. The minimum Gasteiger partial charge on any atom is -0.497 e. The average molecular weight is 320 g/mol. The summed E-state index contributed by atoms with van der Waals surface area (Å²) in [6.45, 7) is 3.01. The van der Waals surface area contributed by atoms with Crippen LogP contribution in [-0.4, -0.2) is 13.7 Å². The maximum absolute atomic E-state index is 5.15. The van der Waals surface area contributed by atoms with Crippen LogP contribution in [0.4, 0.5) is 5.69 Å². The van der Waals surface area contributed by atoms with E-state index in [1.807, 2.05) is 12.1 Å². The van der Waals surface area contributed by atoms with Gasteiger partial charge < -0.3 is 10.1 Å². The molecule has 2 aromatic carbocycles. The highest BCUT2D eigenvalue weighted by Gasteiger charge is 1.98. The molecular weight excluding hydrogens is 302 g/mol. The van der Waals surface area contributed by atoms with E-state index in [4.69, 9.17) is 4.74 Å². The van der Waals surface area contributed by atoms with Gasteiger partial charge in [-0.1, -0.05) is 34.1 Å². The third kappa shape index (κ3) is 4.00. The van der Waals surface area contributed by atoms with Crippen LogP contribution in [-0.2, 0) is 6.42 Å². The lowest BCUT2D eigenvalue weighted by molar-refractivity contribution is 0.414. The molecule has 0 aliphatic heterocycles. The van der Waals surface area contributed by atoms with Gasteiger partial charge in [0.25, 0.3) is 0 Å². The summed E-state index contributed by atoms with van der Waals surface area (Å²) < 4.78 is 6.29. The molecule has 0 atom stereocenters. The van der Waals surface area contributed by atoms with Gasteiger partial charge in [-0.3, -0.25) is 0 Å². The summed E-state index contributed by atoms with van der Waals surface area (Å²) in [5.41, 5.74) is 3.70. The molecule has 0 fully saturated rings. The number of hydrogen-bond acceptors (Lipinski definition) is 2. The summed E-state index contributed by atoms with van der Waals surface area (Å²) in [6.07, 6.45) is 0.996. The number of nitrogens with one attached hydrogen (secondary N) is 1. The molecule has 2 nitrogen and oxygen atoms in total. The topological polar surface area (TPSA) is 21.3 Å². The summed E-state index contributed by atoms with van der Waals surface area (Å²) >= 11 is 3.54. The highest BCUT2D eigenvalue weighted by molar-refractivity contribution is 9.10. The van der Waals surface area contributed by atoms with Crippen molar-refractivity contribution >= 4 is 21.6 Å². The molecule has 0 saturated heterocycles. The molecule has 0 radical (unpaired) electrons. The zero-order valence-electron chi connectivity index (χ0n) is 11.2.